The summed E-state index contributed by atoms with van der Waals surface area (Å²) in [4.78, 5) is 9.29. The highest BCUT2D eigenvalue weighted by atomic mass is 35.5. The van der Waals surface area contributed by atoms with Crippen molar-refractivity contribution in [2.24, 2.45) is 4.99 Å². The number of aryl methyl sites for hydroxylation is 1. The first-order valence-corrected chi connectivity index (χ1v) is 10.3. The van der Waals surface area contributed by atoms with Crippen LogP contribution in [0, 0.1) is 11.6 Å². The highest BCUT2D eigenvalue weighted by Gasteiger charge is 2.12. The summed E-state index contributed by atoms with van der Waals surface area (Å²) in [5.41, 5.74) is 1.71. The molecule has 0 saturated carbocycles. The van der Waals surface area contributed by atoms with E-state index in [2.05, 4.69) is 9.98 Å². The second-order valence-electron chi connectivity index (χ2n) is 6.40. The lowest BCUT2D eigenvalue weighted by molar-refractivity contribution is 0.557. The fraction of sp³-hybridized carbons (Fsp3) is 0.143. The van der Waals surface area contributed by atoms with Gasteiger partial charge >= 0.3 is 0 Å². The number of aromatic nitrogens is 3. The molecule has 0 bridgehead atoms. The van der Waals surface area contributed by atoms with Gasteiger partial charge in [-0.1, -0.05) is 23.7 Å². The van der Waals surface area contributed by atoms with E-state index in [0.29, 0.717) is 22.6 Å². The standard InChI is InChI=1S/C21H17ClF2N4S/c22-17-7-6-15(12-19(17)24)26-21-28(10-3-9-27-11-8-25-14-27)20(13-29-21)16-4-1-2-5-18(16)23/h1-2,4-8,11-14H,3,9-10H2. The minimum Gasteiger partial charge on any atom is -0.337 e. The minimum absolute atomic E-state index is 0.0513. The van der Waals surface area contributed by atoms with Crippen molar-refractivity contribution in [2.75, 3.05) is 0 Å². The first-order valence-electron chi connectivity index (χ1n) is 9.00. The molecule has 0 aliphatic carbocycles. The Labute approximate surface area is 175 Å². The van der Waals surface area contributed by atoms with Crippen LogP contribution in [0.3, 0.4) is 0 Å². The molecule has 2 aromatic carbocycles. The van der Waals surface area contributed by atoms with Crippen molar-refractivity contribution in [3.63, 3.8) is 0 Å². The number of nitrogens with zero attached hydrogens (tertiary/aromatic N) is 4. The Bertz CT molecular complexity index is 1180. The Morgan fingerprint density at radius 1 is 1.07 bits per heavy atom. The Hall–Kier alpha value is -2.77. The smallest absolute Gasteiger partial charge is 0.190 e. The summed E-state index contributed by atoms with van der Waals surface area (Å²) in [6.07, 6.45) is 6.20. The van der Waals surface area contributed by atoms with Gasteiger partial charge in [0, 0.05) is 42.5 Å². The van der Waals surface area contributed by atoms with Gasteiger partial charge < -0.3 is 9.13 Å². The zero-order valence-corrected chi connectivity index (χ0v) is 16.9. The molecule has 0 unspecified atom stereocenters. The molecule has 0 aliphatic rings. The van der Waals surface area contributed by atoms with Crippen LogP contribution in [-0.2, 0) is 13.1 Å². The van der Waals surface area contributed by atoms with Crippen LogP contribution >= 0.6 is 22.9 Å². The second kappa shape index (κ2) is 8.71. The van der Waals surface area contributed by atoms with E-state index in [1.54, 1.807) is 36.8 Å². The average Bonchev–Trinajstić information content (AvgIpc) is 3.36. The molecule has 0 N–H and O–H groups in total. The molecule has 29 heavy (non-hydrogen) atoms. The fourth-order valence-electron chi connectivity index (χ4n) is 3.01. The first kappa shape index (κ1) is 19.5. The molecule has 2 aromatic heterocycles. The molecule has 0 saturated heterocycles. The van der Waals surface area contributed by atoms with Crippen LogP contribution in [0.15, 0.2) is 71.6 Å². The van der Waals surface area contributed by atoms with Crippen LogP contribution in [0.2, 0.25) is 5.02 Å². The highest BCUT2D eigenvalue weighted by molar-refractivity contribution is 7.07. The van der Waals surface area contributed by atoms with E-state index in [1.807, 2.05) is 20.7 Å². The average molecular weight is 431 g/mol. The van der Waals surface area contributed by atoms with Crippen molar-refractivity contribution < 1.29 is 8.78 Å². The van der Waals surface area contributed by atoms with Crippen molar-refractivity contribution in [1.82, 2.24) is 14.1 Å². The number of hydrogen-bond donors (Lipinski definition) is 0. The molecule has 4 aromatic rings. The number of thiazole rings is 1. The van der Waals surface area contributed by atoms with Crippen LogP contribution in [0.5, 0.6) is 0 Å². The summed E-state index contributed by atoms with van der Waals surface area (Å²) < 4.78 is 32.2. The van der Waals surface area contributed by atoms with Crippen LogP contribution in [0.4, 0.5) is 14.5 Å². The molecule has 0 aliphatic heterocycles. The fourth-order valence-corrected chi connectivity index (χ4v) is 4.08. The normalized spacial score (nSPS) is 11.9. The van der Waals surface area contributed by atoms with Gasteiger partial charge in [-0.25, -0.2) is 18.8 Å². The Balaban J connectivity index is 1.73. The van der Waals surface area contributed by atoms with E-state index in [0.717, 1.165) is 18.7 Å². The maximum absolute atomic E-state index is 14.4. The van der Waals surface area contributed by atoms with E-state index in [4.69, 9.17) is 11.6 Å². The molecule has 0 atom stereocenters. The van der Waals surface area contributed by atoms with E-state index in [9.17, 15) is 8.78 Å². The molecule has 0 amide bonds. The van der Waals surface area contributed by atoms with Crippen LogP contribution in [-0.4, -0.2) is 14.1 Å². The van der Waals surface area contributed by atoms with Crippen molar-refractivity contribution in [2.45, 2.75) is 19.5 Å². The molecule has 2 heterocycles. The molecule has 148 valence electrons. The monoisotopic (exact) mass is 430 g/mol. The van der Waals surface area contributed by atoms with Crippen LogP contribution in [0.1, 0.15) is 6.42 Å². The number of rotatable bonds is 6. The van der Waals surface area contributed by atoms with Crippen molar-refractivity contribution in [3.05, 3.63) is 88.0 Å². The lowest BCUT2D eigenvalue weighted by atomic mass is 10.1. The van der Waals surface area contributed by atoms with Gasteiger partial charge in [0.1, 0.15) is 11.6 Å². The highest BCUT2D eigenvalue weighted by Crippen LogP contribution is 2.25. The van der Waals surface area contributed by atoms with Crippen molar-refractivity contribution in [3.8, 4) is 11.3 Å². The summed E-state index contributed by atoms with van der Waals surface area (Å²) in [5, 5.41) is 1.93. The van der Waals surface area contributed by atoms with Crippen molar-refractivity contribution >= 4 is 28.6 Å². The zero-order valence-electron chi connectivity index (χ0n) is 15.3. The Morgan fingerprint density at radius 3 is 2.69 bits per heavy atom. The molecule has 0 fully saturated rings. The molecule has 4 nitrogen and oxygen atoms in total. The molecule has 4 rings (SSSR count). The predicted octanol–water partition coefficient (Wildman–Crippen LogP) is 5.67. The Morgan fingerprint density at radius 2 is 1.93 bits per heavy atom. The van der Waals surface area contributed by atoms with Gasteiger partial charge in [0.25, 0.3) is 0 Å². The van der Waals surface area contributed by atoms with E-state index in [-0.39, 0.29) is 10.8 Å². The number of hydrogen-bond acceptors (Lipinski definition) is 3. The predicted molar refractivity (Wildman–Crippen MR) is 111 cm³/mol. The van der Waals surface area contributed by atoms with E-state index < -0.39 is 5.82 Å². The number of halogens is 3. The quantitative estimate of drug-likeness (QED) is 0.388. The summed E-state index contributed by atoms with van der Waals surface area (Å²) in [6.45, 7) is 1.40. The van der Waals surface area contributed by atoms with E-state index in [1.165, 1.54) is 29.5 Å². The van der Waals surface area contributed by atoms with Gasteiger partial charge in [0.05, 0.1) is 22.7 Å². The minimum atomic E-state index is -0.523. The molecule has 0 spiro atoms. The van der Waals surface area contributed by atoms with E-state index >= 15 is 0 Å². The van der Waals surface area contributed by atoms with Crippen molar-refractivity contribution in [1.29, 1.82) is 0 Å². The lowest BCUT2D eigenvalue weighted by Gasteiger charge is -2.10. The van der Waals surface area contributed by atoms with Gasteiger partial charge in [0.15, 0.2) is 4.80 Å². The third kappa shape index (κ3) is 4.46. The largest absolute Gasteiger partial charge is 0.337 e. The summed E-state index contributed by atoms with van der Waals surface area (Å²) in [7, 11) is 0. The van der Waals surface area contributed by atoms with Gasteiger partial charge in [-0.3, -0.25) is 0 Å². The molecular formula is C21H17ClF2N4S. The zero-order chi connectivity index (χ0) is 20.2. The summed E-state index contributed by atoms with van der Waals surface area (Å²) in [6, 6.07) is 11.1. The topological polar surface area (TPSA) is 35.1 Å². The van der Waals surface area contributed by atoms with Crippen LogP contribution < -0.4 is 4.80 Å². The number of benzene rings is 2. The number of imidazole rings is 1. The third-order valence-electron chi connectivity index (χ3n) is 4.43. The summed E-state index contributed by atoms with van der Waals surface area (Å²) in [5.74, 6) is -0.816. The first-order chi connectivity index (χ1) is 14.1. The Kier molecular flexibility index (Phi) is 5.87. The maximum atomic E-state index is 14.4. The maximum Gasteiger partial charge on any atom is 0.190 e. The van der Waals surface area contributed by atoms with Gasteiger partial charge in [-0.05, 0) is 30.7 Å². The van der Waals surface area contributed by atoms with Gasteiger partial charge in [-0.2, -0.15) is 0 Å². The summed E-state index contributed by atoms with van der Waals surface area (Å²) >= 11 is 7.15. The lowest BCUT2D eigenvalue weighted by Crippen LogP contribution is -2.17. The third-order valence-corrected chi connectivity index (χ3v) is 5.60. The molecular weight excluding hydrogens is 414 g/mol. The van der Waals surface area contributed by atoms with Gasteiger partial charge in [0.2, 0.25) is 0 Å². The second-order valence-corrected chi connectivity index (χ2v) is 7.64. The SMILES string of the molecule is Fc1cc(N=c2scc(-c3ccccc3F)n2CCCn2ccnc2)ccc1Cl. The molecule has 0 radical (unpaired) electrons. The van der Waals surface area contributed by atoms with Gasteiger partial charge in [-0.15, -0.1) is 11.3 Å². The molecule has 8 heteroatoms. The van der Waals surface area contributed by atoms with Crippen LogP contribution in [0.25, 0.3) is 11.3 Å².